The van der Waals surface area contributed by atoms with Crippen molar-refractivity contribution < 1.29 is 4.79 Å². The molecule has 0 spiro atoms. The first-order chi connectivity index (χ1) is 9.50. The van der Waals surface area contributed by atoms with Crippen molar-refractivity contribution in [2.24, 2.45) is 11.8 Å². The standard InChI is InChI=1S/C18H21NO/c1-18(2,3)19-16(13-9-5-4-6-10-13)14-11-7-8-12-15(14)17(19)20/h4-12,14-16H,1-3H3/t14-,15+,16+/m1/s1. The molecule has 3 atom stereocenters. The lowest BCUT2D eigenvalue weighted by Gasteiger charge is -2.38. The van der Waals surface area contributed by atoms with E-state index in [2.05, 4.69) is 68.2 Å². The number of benzene rings is 1. The zero-order valence-corrected chi connectivity index (χ0v) is 12.3. The average molecular weight is 267 g/mol. The van der Waals surface area contributed by atoms with Gasteiger partial charge in [-0.05, 0) is 26.3 Å². The third-order valence-electron chi connectivity index (χ3n) is 4.21. The zero-order chi connectivity index (χ0) is 14.3. The van der Waals surface area contributed by atoms with E-state index in [0.717, 1.165) is 0 Å². The number of allylic oxidation sites excluding steroid dienone is 2. The van der Waals surface area contributed by atoms with Crippen molar-refractivity contribution in [3.63, 3.8) is 0 Å². The molecular formula is C18H21NO. The first kappa shape index (κ1) is 13.2. The molecular weight excluding hydrogens is 246 g/mol. The minimum Gasteiger partial charge on any atom is -0.330 e. The Hall–Kier alpha value is -1.83. The minimum atomic E-state index is -0.170. The van der Waals surface area contributed by atoms with E-state index in [-0.39, 0.29) is 29.3 Å². The van der Waals surface area contributed by atoms with Crippen LogP contribution in [0.4, 0.5) is 0 Å². The summed E-state index contributed by atoms with van der Waals surface area (Å²) >= 11 is 0. The molecule has 104 valence electrons. The van der Waals surface area contributed by atoms with Gasteiger partial charge in [-0.15, -0.1) is 0 Å². The molecule has 0 bridgehead atoms. The normalized spacial score (nSPS) is 28.9. The van der Waals surface area contributed by atoms with E-state index >= 15 is 0 Å². The summed E-state index contributed by atoms with van der Waals surface area (Å²) in [5.41, 5.74) is 1.06. The fraction of sp³-hybridized carbons (Fsp3) is 0.389. The van der Waals surface area contributed by atoms with E-state index in [1.165, 1.54) is 5.56 Å². The van der Waals surface area contributed by atoms with Crippen LogP contribution in [-0.4, -0.2) is 16.3 Å². The van der Waals surface area contributed by atoms with Gasteiger partial charge in [-0.25, -0.2) is 0 Å². The van der Waals surface area contributed by atoms with Crippen LogP contribution >= 0.6 is 0 Å². The highest BCUT2D eigenvalue weighted by Crippen LogP contribution is 2.47. The summed E-state index contributed by atoms with van der Waals surface area (Å²) in [5, 5.41) is 0. The Morgan fingerprint density at radius 2 is 1.65 bits per heavy atom. The third kappa shape index (κ3) is 2.00. The first-order valence-corrected chi connectivity index (χ1v) is 7.23. The Morgan fingerprint density at radius 1 is 1.00 bits per heavy atom. The highest BCUT2D eigenvalue weighted by Gasteiger charge is 2.50. The molecule has 0 aromatic heterocycles. The van der Waals surface area contributed by atoms with Crippen LogP contribution in [0.2, 0.25) is 0 Å². The molecule has 1 fully saturated rings. The van der Waals surface area contributed by atoms with Gasteiger partial charge >= 0.3 is 0 Å². The summed E-state index contributed by atoms with van der Waals surface area (Å²) in [4.78, 5) is 14.9. The second-order valence-electron chi connectivity index (χ2n) is 6.61. The van der Waals surface area contributed by atoms with E-state index in [1.807, 2.05) is 12.1 Å². The lowest BCUT2D eigenvalue weighted by atomic mass is 9.84. The van der Waals surface area contributed by atoms with Crippen molar-refractivity contribution in [2.75, 3.05) is 0 Å². The van der Waals surface area contributed by atoms with Gasteiger partial charge in [0.05, 0.1) is 12.0 Å². The molecule has 1 aliphatic heterocycles. The van der Waals surface area contributed by atoms with Crippen molar-refractivity contribution in [1.82, 2.24) is 4.90 Å². The van der Waals surface area contributed by atoms with Gasteiger partial charge < -0.3 is 4.90 Å². The van der Waals surface area contributed by atoms with Gasteiger partial charge in [0.2, 0.25) is 5.91 Å². The van der Waals surface area contributed by atoms with Crippen LogP contribution in [0.5, 0.6) is 0 Å². The van der Waals surface area contributed by atoms with Crippen LogP contribution in [0.3, 0.4) is 0 Å². The maximum absolute atomic E-state index is 12.8. The molecule has 1 aromatic carbocycles. The molecule has 1 amide bonds. The summed E-state index contributed by atoms with van der Waals surface area (Å²) in [7, 11) is 0. The number of fused-ring (bicyclic) bond motifs is 1. The van der Waals surface area contributed by atoms with Crippen LogP contribution in [0, 0.1) is 11.8 Å². The van der Waals surface area contributed by atoms with Gasteiger partial charge in [0, 0.05) is 11.5 Å². The predicted octanol–water partition coefficient (Wildman–Crippen LogP) is 3.73. The Kier molecular flexibility index (Phi) is 3.04. The van der Waals surface area contributed by atoms with Gasteiger partial charge in [-0.3, -0.25) is 4.79 Å². The van der Waals surface area contributed by atoms with Crippen LogP contribution < -0.4 is 0 Å². The summed E-state index contributed by atoms with van der Waals surface area (Å²) in [5.74, 6) is 0.482. The highest BCUT2D eigenvalue weighted by atomic mass is 16.2. The van der Waals surface area contributed by atoms with E-state index in [9.17, 15) is 4.79 Å². The first-order valence-electron chi connectivity index (χ1n) is 7.23. The molecule has 1 saturated heterocycles. The monoisotopic (exact) mass is 267 g/mol. The minimum absolute atomic E-state index is 0.00979. The van der Waals surface area contributed by atoms with Gasteiger partial charge in [0.15, 0.2) is 0 Å². The highest BCUT2D eigenvalue weighted by molar-refractivity contribution is 5.85. The predicted molar refractivity (Wildman–Crippen MR) is 81.0 cm³/mol. The van der Waals surface area contributed by atoms with E-state index in [1.54, 1.807) is 0 Å². The Balaban J connectivity index is 2.10. The van der Waals surface area contributed by atoms with Crippen LogP contribution in [-0.2, 0) is 4.79 Å². The van der Waals surface area contributed by atoms with Gasteiger partial charge in [0.25, 0.3) is 0 Å². The molecule has 1 aromatic rings. The SMILES string of the molecule is CC(C)(C)N1C(=O)[C@H]2C=CC=C[C@H]2[C@@H]1c1ccccc1. The van der Waals surface area contributed by atoms with E-state index < -0.39 is 0 Å². The van der Waals surface area contributed by atoms with Gasteiger partial charge in [-0.2, -0.15) is 0 Å². The number of likely N-dealkylation sites (tertiary alicyclic amines) is 1. The van der Waals surface area contributed by atoms with Crippen LogP contribution in [0.25, 0.3) is 0 Å². The second kappa shape index (κ2) is 4.62. The van der Waals surface area contributed by atoms with Crippen molar-refractivity contribution in [3.05, 3.63) is 60.2 Å². The number of rotatable bonds is 1. The number of carbonyl (C=O) groups is 1. The zero-order valence-electron chi connectivity index (χ0n) is 12.3. The molecule has 1 aliphatic carbocycles. The quantitative estimate of drug-likeness (QED) is 0.759. The molecule has 2 nitrogen and oxygen atoms in total. The third-order valence-corrected chi connectivity index (χ3v) is 4.21. The Labute approximate surface area is 120 Å². The topological polar surface area (TPSA) is 20.3 Å². The molecule has 0 unspecified atom stereocenters. The summed E-state index contributed by atoms with van der Waals surface area (Å²) in [6.07, 6.45) is 8.30. The molecule has 0 saturated carbocycles. The van der Waals surface area contributed by atoms with Gasteiger partial charge in [-0.1, -0.05) is 54.6 Å². The molecule has 0 radical (unpaired) electrons. The lowest BCUT2D eigenvalue weighted by Crippen LogP contribution is -2.44. The van der Waals surface area contributed by atoms with Crippen LogP contribution in [0.1, 0.15) is 32.4 Å². The maximum Gasteiger partial charge on any atom is 0.231 e. The fourth-order valence-electron chi connectivity index (χ4n) is 3.41. The number of nitrogens with zero attached hydrogens (tertiary/aromatic N) is 1. The molecule has 2 heteroatoms. The number of hydrogen-bond acceptors (Lipinski definition) is 1. The van der Waals surface area contributed by atoms with Gasteiger partial charge in [0.1, 0.15) is 0 Å². The van der Waals surface area contributed by atoms with Crippen molar-refractivity contribution in [1.29, 1.82) is 0 Å². The summed E-state index contributed by atoms with van der Waals surface area (Å²) in [6.45, 7) is 6.35. The summed E-state index contributed by atoms with van der Waals surface area (Å²) in [6, 6.07) is 10.5. The van der Waals surface area contributed by atoms with E-state index in [0.29, 0.717) is 0 Å². The largest absolute Gasteiger partial charge is 0.330 e. The molecule has 3 rings (SSSR count). The number of carbonyl (C=O) groups excluding carboxylic acids is 1. The Bertz CT molecular complexity index is 565. The summed E-state index contributed by atoms with van der Waals surface area (Å²) < 4.78 is 0. The molecule has 1 heterocycles. The second-order valence-corrected chi connectivity index (χ2v) is 6.61. The molecule has 2 aliphatic rings. The number of amides is 1. The Morgan fingerprint density at radius 3 is 2.30 bits per heavy atom. The smallest absolute Gasteiger partial charge is 0.231 e. The number of hydrogen-bond donors (Lipinski definition) is 0. The van der Waals surface area contributed by atoms with E-state index in [4.69, 9.17) is 0 Å². The lowest BCUT2D eigenvalue weighted by molar-refractivity contribution is -0.135. The average Bonchev–Trinajstić information content (AvgIpc) is 2.74. The fourth-order valence-corrected chi connectivity index (χ4v) is 3.41. The van der Waals surface area contributed by atoms with Crippen molar-refractivity contribution in [3.8, 4) is 0 Å². The van der Waals surface area contributed by atoms with Crippen molar-refractivity contribution in [2.45, 2.75) is 32.4 Å². The maximum atomic E-state index is 12.8. The molecule has 20 heavy (non-hydrogen) atoms. The van der Waals surface area contributed by atoms with Crippen molar-refractivity contribution >= 4 is 5.91 Å². The van der Waals surface area contributed by atoms with Crippen LogP contribution in [0.15, 0.2) is 54.6 Å². The molecule has 0 N–H and O–H groups in total.